The van der Waals surface area contributed by atoms with Crippen LogP contribution < -0.4 is 0 Å². The first kappa shape index (κ1) is 12.6. The third-order valence-electron chi connectivity index (χ3n) is 3.23. The summed E-state index contributed by atoms with van der Waals surface area (Å²) >= 11 is 3.46. The molecule has 1 aromatic carbocycles. The second kappa shape index (κ2) is 5.19. The molecule has 1 aliphatic carbocycles. The molecular weight excluding hydrogens is 284 g/mol. The molecule has 92 valence electrons. The van der Waals surface area contributed by atoms with Crippen LogP contribution in [0.2, 0.25) is 0 Å². The standard InChI is InChI=1S/C13H15BrO3/c14-11-5-2-1-4-10(11)9-17-13(6-3-7-13)8-12(15)16/h1-2,4-5H,3,6-9H2,(H,15,16). The van der Waals surface area contributed by atoms with E-state index in [9.17, 15) is 4.79 Å². The highest BCUT2D eigenvalue weighted by atomic mass is 79.9. The number of rotatable bonds is 5. The van der Waals surface area contributed by atoms with Crippen LogP contribution in [0.15, 0.2) is 28.7 Å². The van der Waals surface area contributed by atoms with Crippen molar-refractivity contribution in [2.24, 2.45) is 0 Å². The number of ether oxygens (including phenoxy) is 1. The molecule has 0 amide bonds. The van der Waals surface area contributed by atoms with Gasteiger partial charge in [0.05, 0.1) is 18.6 Å². The molecule has 3 nitrogen and oxygen atoms in total. The maximum atomic E-state index is 10.8. The van der Waals surface area contributed by atoms with Crippen molar-refractivity contribution < 1.29 is 14.6 Å². The fourth-order valence-electron chi connectivity index (χ4n) is 2.07. The van der Waals surface area contributed by atoms with Crippen molar-refractivity contribution in [3.63, 3.8) is 0 Å². The highest BCUT2D eigenvalue weighted by molar-refractivity contribution is 9.10. The highest BCUT2D eigenvalue weighted by Crippen LogP contribution is 2.39. The van der Waals surface area contributed by atoms with Gasteiger partial charge in [-0.1, -0.05) is 34.1 Å². The van der Waals surface area contributed by atoms with E-state index in [1.54, 1.807) is 0 Å². The van der Waals surface area contributed by atoms with Crippen molar-refractivity contribution in [1.29, 1.82) is 0 Å². The summed E-state index contributed by atoms with van der Waals surface area (Å²) in [5, 5.41) is 8.88. The van der Waals surface area contributed by atoms with Crippen molar-refractivity contribution in [1.82, 2.24) is 0 Å². The summed E-state index contributed by atoms with van der Waals surface area (Å²) in [6.07, 6.45) is 2.87. The number of hydrogen-bond acceptors (Lipinski definition) is 2. The lowest BCUT2D eigenvalue weighted by Gasteiger charge is -2.40. The maximum absolute atomic E-state index is 10.8. The lowest BCUT2D eigenvalue weighted by molar-refractivity contribution is -0.156. The van der Waals surface area contributed by atoms with Crippen molar-refractivity contribution in [3.8, 4) is 0 Å². The zero-order chi connectivity index (χ0) is 12.3. The topological polar surface area (TPSA) is 46.5 Å². The minimum absolute atomic E-state index is 0.109. The summed E-state index contributed by atoms with van der Waals surface area (Å²) in [5.74, 6) is -0.781. The summed E-state index contributed by atoms with van der Waals surface area (Å²) in [6, 6.07) is 7.85. The molecule has 1 aromatic rings. The Balaban J connectivity index is 1.97. The van der Waals surface area contributed by atoms with Gasteiger partial charge in [-0.15, -0.1) is 0 Å². The van der Waals surface area contributed by atoms with Crippen LogP contribution >= 0.6 is 15.9 Å². The normalized spacial score (nSPS) is 17.5. The minimum Gasteiger partial charge on any atom is -0.481 e. The Kier molecular flexibility index (Phi) is 3.84. The quantitative estimate of drug-likeness (QED) is 0.907. The van der Waals surface area contributed by atoms with Gasteiger partial charge in [0.2, 0.25) is 0 Å². The Hall–Kier alpha value is -0.870. The number of carboxylic acid groups (broad SMARTS) is 1. The van der Waals surface area contributed by atoms with Gasteiger partial charge in [-0.2, -0.15) is 0 Å². The van der Waals surface area contributed by atoms with E-state index in [4.69, 9.17) is 9.84 Å². The Morgan fingerprint density at radius 1 is 1.41 bits per heavy atom. The smallest absolute Gasteiger partial charge is 0.306 e. The molecule has 1 N–H and O–H groups in total. The molecule has 0 heterocycles. The Labute approximate surface area is 109 Å². The first-order valence-electron chi connectivity index (χ1n) is 5.70. The zero-order valence-corrected chi connectivity index (χ0v) is 11.1. The van der Waals surface area contributed by atoms with E-state index in [-0.39, 0.29) is 6.42 Å². The van der Waals surface area contributed by atoms with E-state index in [0.29, 0.717) is 6.61 Å². The van der Waals surface area contributed by atoms with E-state index in [1.807, 2.05) is 24.3 Å². The molecule has 4 heteroatoms. The van der Waals surface area contributed by atoms with Crippen LogP contribution in [0, 0.1) is 0 Å². The number of halogens is 1. The number of hydrogen-bond donors (Lipinski definition) is 1. The van der Waals surface area contributed by atoms with Gasteiger partial charge < -0.3 is 9.84 Å². The molecule has 0 atom stereocenters. The molecule has 1 saturated carbocycles. The predicted octanol–water partition coefficient (Wildman–Crippen LogP) is 3.36. The van der Waals surface area contributed by atoms with Crippen LogP contribution in [0.5, 0.6) is 0 Å². The van der Waals surface area contributed by atoms with E-state index in [0.717, 1.165) is 29.3 Å². The molecule has 1 fully saturated rings. The molecule has 17 heavy (non-hydrogen) atoms. The van der Waals surface area contributed by atoms with Crippen molar-refractivity contribution in [2.75, 3.05) is 0 Å². The summed E-state index contributed by atoms with van der Waals surface area (Å²) in [7, 11) is 0. The molecule has 0 bridgehead atoms. The summed E-state index contributed by atoms with van der Waals surface area (Å²) in [4.78, 5) is 10.8. The lowest BCUT2D eigenvalue weighted by Crippen LogP contribution is -2.42. The first-order chi connectivity index (χ1) is 8.11. The molecule has 0 unspecified atom stereocenters. The minimum atomic E-state index is -0.781. The van der Waals surface area contributed by atoms with Crippen LogP contribution in [0.1, 0.15) is 31.2 Å². The van der Waals surface area contributed by atoms with Gasteiger partial charge in [0.1, 0.15) is 0 Å². The third kappa shape index (κ3) is 3.07. The fourth-order valence-corrected chi connectivity index (χ4v) is 2.46. The van der Waals surface area contributed by atoms with Crippen LogP contribution in [0.3, 0.4) is 0 Å². The molecule has 0 spiro atoms. The average Bonchev–Trinajstić information content (AvgIpc) is 2.23. The van der Waals surface area contributed by atoms with Crippen molar-refractivity contribution in [2.45, 2.75) is 37.9 Å². The van der Waals surface area contributed by atoms with Crippen molar-refractivity contribution >= 4 is 21.9 Å². The monoisotopic (exact) mass is 298 g/mol. The van der Waals surface area contributed by atoms with Crippen LogP contribution in [0.4, 0.5) is 0 Å². The molecular formula is C13H15BrO3. The van der Waals surface area contributed by atoms with Crippen molar-refractivity contribution in [3.05, 3.63) is 34.3 Å². The summed E-state index contributed by atoms with van der Waals surface area (Å²) in [5.41, 5.74) is 0.630. The number of carboxylic acids is 1. The van der Waals surface area contributed by atoms with E-state index >= 15 is 0 Å². The van der Waals surface area contributed by atoms with Gasteiger partial charge in [0.15, 0.2) is 0 Å². The van der Waals surface area contributed by atoms with E-state index < -0.39 is 11.6 Å². The Morgan fingerprint density at radius 2 is 2.12 bits per heavy atom. The van der Waals surface area contributed by atoms with Gasteiger partial charge in [-0.3, -0.25) is 4.79 Å². The molecule has 0 radical (unpaired) electrons. The van der Waals surface area contributed by atoms with Crippen LogP contribution in [0.25, 0.3) is 0 Å². The van der Waals surface area contributed by atoms with Crippen LogP contribution in [-0.4, -0.2) is 16.7 Å². The Bertz CT molecular complexity index is 413. The van der Waals surface area contributed by atoms with E-state index in [1.165, 1.54) is 0 Å². The van der Waals surface area contributed by atoms with E-state index in [2.05, 4.69) is 15.9 Å². The van der Waals surface area contributed by atoms with Gasteiger partial charge in [-0.05, 0) is 30.9 Å². The second-order valence-electron chi connectivity index (χ2n) is 4.49. The number of aliphatic carboxylic acids is 1. The number of benzene rings is 1. The first-order valence-corrected chi connectivity index (χ1v) is 6.50. The second-order valence-corrected chi connectivity index (χ2v) is 5.34. The average molecular weight is 299 g/mol. The lowest BCUT2D eigenvalue weighted by atomic mass is 9.77. The fraction of sp³-hybridized carbons (Fsp3) is 0.462. The highest BCUT2D eigenvalue weighted by Gasteiger charge is 2.40. The molecule has 0 saturated heterocycles. The molecule has 0 aliphatic heterocycles. The Morgan fingerprint density at radius 3 is 2.65 bits per heavy atom. The van der Waals surface area contributed by atoms with Gasteiger partial charge >= 0.3 is 5.97 Å². The van der Waals surface area contributed by atoms with Gasteiger partial charge in [-0.25, -0.2) is 0 Å². The largest absolute Gasteiger partial charge is 0.481 e. The maximum Gasteiger partial charge on any atom is 0.306 e. The third-order valence-corrected chi connectivity index (χ3v) is 4.00. The SMILES string of the molecule is O=C(O)CC1(OCc2ccccc2Br)CCC1. The molecule has 2 rings (SSSR count). The predicted molar refractivity (Wildman–Crippen MR) is 67.8 cm³/mol. The van der Waals surface area contributed by atoms with Gasteiger partial charge in [0, 0.05) is 4.47 Å². The summed E-state index contributed by atoms with van der Waals surface area (Å²) < 4.78 is 6.84. The zero-order valence-electron chi connectivity index (χ0n) is 9.49. The molecule has 1 aliphatic rings. The van der Waals surface area contributed by atoms with Crippen LogP contribution in [-0.2, 0) is 16.1 Å². The number of carbonyl (C=O) groups is 1. The van der Waals surface area contributed by atoms with Gasteiger partial charge in [0.25, 0.3) is 0 Å². The summed E-state index contributed by atoms with van der Waals surface area (Å²) in [6.45, 7) is 0.467. The molecule has 0 aromatic heterocycles.